The lowest BCUT2D eigenvalue weighted by Crippen LogP contribution is -2.39. The molecule has 0 saturated carbocycles. The maximum absolute atomic E-state index is 11.6. The molecule has 26 heavy (non-hydrogen) atoms. The molecular formula is C24H29NO. The summed E-state index contributed by atoms with van der Waals surface area (Å²) in [7, 11) is 2.27. The fourth-order valence-corrected chi connectivity index (χ4v) is 5.02. The summed E-state index contributed by atoms with van der Waals surface area (Å²) in [6.07, 6.45) is 5.39. The maximum Gasteiger partial charge on any atom is 0.0914 e. The molecule has 2 heteroatoms. The van der Waals surface area contributed by atoms with Gasteiger partial charge >= 0.3 is 0 Å². The minimum atomic E-state index is -0.868. The molecule has 0 aromatic heterocycles. The molecular weight excluding hydrogens is 318 g/mol. The van der Waals surface area contributed by atoms with Gasteiger partial charge in [0.15, 0.2) is 0 Å². The number of benzene rings is 2. The van der Waals surface area contributed by atoms with Crippen molar-refractivity contribution in [3.05, 3.63) is 77.4 Å². The Morgan fingerprint density at radius 2 is 1.50 bits per heavy atom. The van der Waals surface area contributed by atoms with Gasteiger partial charge in [-0.1, -0.05) is 66.2 Å². The van der Waals surface area contributed by atoms with Gasteiger partial charge in [0.25, 0.3) is 0 Å². The van der Waals surface area contributed by atoms with Gasteiger partial charge in [-0.05, 0) is 56.4 Å². The van der Waals surface area contributed by atoms with Crippen molar-refractivity contribution in [3.63, 3.8) is 0 Å². The summed E-state index contributed by atoms with van der Waals surface area (Å²) in [4.78, 5) is 2.55. The molecule has 2 bridgehead atoms. The van der Waals surface area contributed by atoms with E-state index in [0.29, 0.717) is 18.5 Å². The number of rotatable bonds is 4. The Kier molecular flexibility index (Phi) is 4.73. The summed E-state index contributed by atoms with van der Waals surface area (Å²) in [5.74, 6) is 0. The van der Waals surface area contributed by atoms with Gasteiger partial charge in [-0.2, -0.15) is 0 Å². The molecule has 0 amide bonds. The average molecular weight is 348 g/mol. The Morgan fingerprint density at radius 1 is 0.962 bits per heavy atom. The van der Waals surface area contributed by atoms with E-state index < -0.39 is 5.60 Å². The fraction of sp³-hybridized carbons (Fsp3) is 0.417. The lowest BCUT2D eigenvalue weighted by Gasteiger charge is -2.37. The normalized spacial score (nSPS) is 25.1. The van der Waals surface area contributed by atoms with E-state index in [4.69, 9.17) is 0 Å². The second-order valence-corrected chi connectivity index (χ2v) is 8.24. The van der Waals surface area contributed by atoms with E-state index in [1.165, 1.54) is 29.5 Å². The zero-order valence-electron chi connectivity index (χ0n) is 15.9. The Balaban J connectivity index is 1.75. The van der Waals surface area contributed by atoms with Gasteiger partial charge in [-0.3, -0.25) is 4.90 Å². The van der Waals surface area contributed by atoms with Crippen LogP contribution in [0.1, 0.15) is 43.7 Å². The SMILES string of the molecule is CN1C2CCC1CC(=C(c1ccccc1)C(C)(O)Cc1ccccc1)C2. The van der Waals surface area contributed by atoms with Crippen LogP contribution in [-0.4, -0.2) is 34.7 Å². The second kappa shape index (κ2) is 7.02. The lowest BCUT2D eigenvalue weighted by atomic mass is 9.78. The van der Waals surface area contributed by atoms with Crippen molar-refractivity contribution in [3.8, 4) is 0 Å². The van der Waals surface area contributed by atoms with Gasteiger partial charge in [0.2, 0.25) is 0 Å². The molecule has 2 nitrogen and oxygen atoms in total. The largest absolute Gasteiger partial charge is 0.385 e. The van der Waals surface area contributed by atoms with Crippen LogP contribution in [0.5, 0.6) is 0 Å². The van der Waals surface area contributed by atoms with Crippen LogP contribution < -0.4 is 0 Å². The zero-order chi connectivity index (χ0) is 18.1. The van der Waals surface area contributed by atoms with Crippen LogP contribution in [0.4, 0.5) is 0 Å². The Hall–Kier alpha value is -1.90. The highest BCUT2D eigenvalue weighted by atomic mass is 16.3. The molecule has 3 unspecified atom stereocenters. The highest BCUT2D eigenvalue weighted by molar-refractivity contribution is 5.75. The molecule has 2 saturated heterocycles. The number of nitrogens with zero attached hydrogens (tertiary/aromatic N) is 1. The van der Waals surface area contributed by atoms with Gasteiger partial charge in [0.1, 0.15) is 0 Å². The molecule has 0 radical (unpaired) electrons. The summed E-state index contributed by atoms with van der Waals surface area (Å²) in [5, 5.41) is 11.6. The van der Waals surface area contributed by atoms with Crippen molar-refractivity contribution in [2.45, 2.75) is 56.7 Å². The number of hydrogen-bond donors (Lipinski definition) is 1. The zero-order valence-corrected chi connectivity index (χ0v) is 15.9. The summed E-state index contributed by atoms with van der Waals surface area (Å²) < 4.78 is 0. The van der Waals surface area contributed by atoms with Crippen molar-refractivity contribution in [1.82, 2.24) is 4.90 Å². The van der Waals surface area contributed by atoms with Crippen molar-refractivity contribution in [1.29, 1.82) is 0 Å². The van der Waals surface area contributed by atoms with Crippen LogP contribution in [-0.2, 0) is 6.42 Å². The fourth-order valence-electron chi connectivity index (χ4n) is 5.02. The minimum Gasteiger partial charge on any atom is -0.385 e. The molecule has 2 aliphatic heterocycles. The van der Waals surface area contributed by atoms with E-state index in [0.717, 1.165) is 18.4 Å². The molecule has 136 valence electrons. The number of hydrogen-bond acceptors (Lipinski definition) is 2. The van der Waals surface area contributed by atoms with Crippen molar-refractivity contribution in [2.75, 3.05) is 7.05 Å². The average Bonchev–Trinajstić information content (AvgIpc) is 2.83. The lowest BCUT2D eigenvalue weighted by molar-refractivity contribution is 0.120. The predicted molar refractivity (Wildman–Crippen MR) is 108 cm³/mol. The molecule has 0 spiro atoms. The number of fused-ring (bicyclic) bond motifs is 2. The van der Waals surface area contributed by atoms with Crippen LogP contribution in [0, 0.1) is 0 Å². The second-order valence-electron chi connectivity index (χ2n) is 8.24. The van der Waals surface area contributed by atoms with Crippen molar-refractivity contribution >= 4 is 5.57 Å². The third-order valence-electron chi connectivity index (χ3n) is 6.29. The first-order valence-corrected chi connectivity index (χ1v) is 9.81. The Bertz CT molecular complexity index is 762. The van der Waals surface area contributed by atoms with Crippen LogP contribution in [0.15, 0.2) is 66.2 Å². The van der Waals surface area contributed by atoms with Crippen LogP contribution >= 0.6 is 0 Å². The van der Waals surface area contributed by atoms with Crippen molar-refractivity contribution in [2.24, 2.45) is 0 Å². The van der Waals surface area contributed by atoms with E-state index in [-0.39, 0.29) is 0 Å². The van der Waals surface area contributed by atoms with E-state index in [1.54, 1.807) is 0 Å². The molecule has 0 aliphatic carbocycles. The third-order valence-corrected chi connectivity index (χ3v) is 6.29. The third kappa shape index (κ3) is 3.36. The first-order chi connectivity index (χ1) is 12.5. The number of aliphatic hydroxyl groups is 1. The quantitative estimate of drug-likeness (QED) is 0.867. The topological polar surface area (TPSA) is 23.5 Å². The van der Waals surface area contributed by atoms with E-state index in [2.05, 4.69) is 66.5 Å². The first kappa shape index (κ1) is 17.5. The summed E-state index contributed by atoms with van der Waals surface area (Å²) in [6, 6.07) is 22.2. The van der Waals surface area contributed by atoms with Crippen molar-refractivity contribution < 1.29 is 5.11 Å². The first-order valence-electron chi connectivity index (χ1n) is 9.81. The molecule has 2 fully saturated rings. The Labute approximate surface area is 157 Å². The van der Waals surface area contributed by atoms with Gasteiger partial charge < -0.3 is 5.11 Å². The van der Waals surface area contributed by atoms with E-state index >= 15 is 0 Å². The van der Waals surface area contributed by atoms with Crippen LogP contribution in [0.3, 0.4) is 0 Å². The molecule has 2 aromatic carbocycles. The standard InChI is InChI=1S/C24H29NO/c1-24(26,17-18-9-5-3-6-10-18)23(19-11-7-4-8-12-19)20-15-21-13-14-22(16-20)25(21)2/h3-12,21-22,26H,13-17H2,1-2H3. The van der Waals surface area contributed by atoms with Gasteiger partial charge in [-0.25, -0.2) is 0 Å². The Morgan fingerprint density at radius 3 is 2.08 bits per heavy atom. The highest BCUT2D eigenvalue weighted by Crippen LogP contribution is 2.43. The molecule has 1 N–H and O–H groups in total. The predicted octanol–water partition coefficient (Wildman–Crippen LogP) is 4.69. The minimum absolute atomic E-state index is 0.634. The van der Waals surface area contributed by atoms with E-state index in [1.807, 2.05) is 13.0 Å². The summed E-state index contributed by atoms with van der Waals surface area (Å²) in [5.41, 5.74) is 4.11. The van der Waals surface area contributed by atoms with Crippen LogP contribution in [0.2, 0.25) is 0 Å². The van der Waals surface area contributed by atoms with Gasteiger partial charge in [-0.15, -0.1) is 0 Å². The van der Waals surface area contributed by atoms with Gasteiger partial charge in [0, 0.05) is 18.5 Å². The smallest absolute Gasteiger partial charge is 0.0914 e. The molecule has 2 aliphatic rings. The molecule has 3 atom stereocenters. The number of piperidine rings is 1. The summed E-state index contributed by atoms with van der Waals surface area (Å²) >= 11 is 0. The van der Waals surface area contributed by atoms with Gasteiger partial charge in [0.05, 0.1) is 5.60 Å². The molecule has 2 heterocycles. The maximum atomic E-state index is 11.6. The monoisotopic (exact) mass is 347 g/mol. The van der Waals surface area contributed by atoms with Crippen LogP contribution in [0.25, 0.3) is 5.57 Å². The highest BCUT2D eigenvalue weighted by Gasteiger charge is 2.39. The molecule has 4 rings (SSSR count). The molecule has 2 aromatic rings. The van der Waals surface area contributed by atoms with E-state index in [9.17, 15) is 5.11 Å². The summed E-state index contributed by atoms with van der Waals surface area (Å²) in [6.45, 7) is 2.00.